The van der Waals surface area contributed by atoms with Gasteiger partial charge in [-0.25, -0.2) is 0 Å². The Morgan fingerprint density at radius 2 is 1.80 bits per heavy atom. The van der Waals surface area contributed by atoms with Crippen molar-refractivity contribution >= 4 is 0 Å². The van der Waals surface area contributed by atoms with E-state index in [2.05, 4.69) is 32.9 Å². The summed E-state index contributed by atoms with van der Waals surface area (Å²) in [6, 6.07) is 4.26. The Hall–Kier alpha value is -1.02. The third kappa shape index (κ3) is 3.35. The highest BCUT2D eigenvalue weighted by Gasteiger charge is 2.25. The quantitative estimate of drug-likeness (QED) is 0.852. The second-order valence-electron chi connectivity index (χ2n) is 7.10. The number of ether oxygens (including phenoxy) is 1. The van der Waals surface area contributed by atoms with Crippen molar-refractivity contribution in [3.05, 3.63) is 28.8 Å². The molecule has 1 saturated carbocycles. The first-order chi connectivity index (χ1) is 9.43. The summed E-state index contributed by atoms with van der Waals surface area (Å²) in [4.78, 5) is 0. The van der Waals surface area contributed by atoms with Gasteiger partial charge in [-0.05, 0) is 53.0 Å². The zero-order chi connectivity index (χ0) is 14.8. The van der Waals surface area contributed by atoms with Crippen molar-refractivity contribution in [2.45, 2.75) is 70.8 Å². The van der Waals surface area contributed by atoms with Crippen molar-refractivity contribution in [3.8, 4) is 5.75 Å². The molecule has 0 aromatic heterocycles. The lowest BCUT2D eigenvalue weighted by Gasteiger charge is -2.28. The van der Waals surface area contributed by atoms with E-state index in [4.69, 9.17) is 4.74 Å². The number of benzene rings is 1. The third-order valence-corrected chi connectivity index (χ3v) is 4.36. The van der Waals surface area contributed by atoms with Crippen LogP contribution in [0.1, 0.15) is 75.5 Å². The number of methoxy groups -OCH3 is 1. The summed E-state index contributed by atoms with van der Waals surface area (Å²) >= 11 is 0. The molecule has 1 aliphatic carbocycles. The van der Waals surface area contributed by atoms with Crippen LogP contribution in [0.3, 0.4) is 0 Å². The zero-order valence-electron chi connectivity index (χ0n) is 13.3. The summed E-state index contributed by atoms with van der Waals surface area (Å²) in [5, 5.41) is 10.7. The number of hydrogen-bond donors (Lipinski definition) is 1. The average Bonchev–Trinajstić information content (AvgIpc) is 2.40. The SMILES string of the molecule is COCc1cc(C2CCCCC2)c(O)c(C(C)(C)C)c1. The number of aromatic hydroxyl groups is 1. The second-order valence-corrected chi connectivity index (χ2v) is 7.10. The van der Waals surface area contributed by atoms with E-state index in [-0.39, 0.29) is 5.41 Å². The van der Waals surface area contributed by atoms with Crippen LogP contribution in [-0.4, -0.2) is 12.2 Å². The first-order valence-corrected chi connectivity index (χ1v) is 7.78. The Bertz CT molecular complexity index is 451. The van der Waals surface area contributed by atoms with Crippen molar-refractivity contribution < 1.29 is 9.84 Å². The molecule has 0 aliphatic heterocycles. The van der Waals surface area contributed by atoms with Gasteiger partial charge in [0.15, 0.2) is 0 Å². The summed E-state index contributed by atoms with van der Waals surface area (Å²) in [6.45, 7) is 7.08. The van der Waals surface area contributed by atoms with Crippen LogP contribution < -0.4 is 0 Å². The van der Waals surface area contributed by atoms with Gasteiger partial charge in [0.1, 0.15) is 5.75 Å². The normalized spacial score (nSPS) is 17.4. The van der Waals surface area contributed by atoms with Gasteiger partial charge < -0.3 is 9.84 Å². The molecule has 1 aliphatic rings. The van der Waals surface area contributed by atoms with E-state index in [1.165, 1.54) is 37.7 Å². The van der Waals surface area contributed by atoms with Crippen LogP contribution in [0.15, 0.2) is 12.1 Å². The van der Waals surface area contributed by atoms with Gasteiger partial charge in [0, 0.05) is 7.11 Å². The first-order valence-electron chi connectivity index (χ1n) is 7.78. The maximum atomic E-state index is 10.7. The van der Waals surface area contributed by atoms with Crippen LogP contribution in [0.5, 0.6) is 5.75 Å². The summed E-state index contributed by atoms with van der Waals surface area (Å²) in [5.41, 5.74) is 3.32. The fraction of sp³-hybridized carbons (Fsp3) is 0.667. The minimum absolute atomic E-state index is 0.0444. The Morgan fingerprint density at radius 3 is 2.35 bits per heavy atom. The highest BCUT2D eigenvalue weighted by Crippen LogP contribution is 2.42. The second kappa shape index (κ2) is 6.17. The monoisotopic (exact) mass is 276 g/mol. The van der Waals surface area contributed by atoms with Gasteiger partial charge in [-0.15, -0.1) is 0 Å². The van der Waals surface area contributed by atoms with Gasteiger partial charge in [0.2, 0.25) is 0 Å². The molecular formula is C18H28O2. The van der Waals surface area contributed by atoms with Gasteiger partial charge in [-0.3, -0.25) is 0 Å². The Balaban J connectivity index is 2.45. The van der Waals surface area contributed by atoms with E-state index >= 15 is 0 Å². The van der Waals surface area contributed by atoms with Crippen molar-refractivity contribution in [1.29, 1.82) is 0 Å². The minimum Gasteiger partial charge on any atom is -0.507 e. The molecule has 1 N–H and O–H groups in total. The van der Waals surface area contributed by atoms with E-state index in [0.29, 0.717) is 18.3 Å². The standard InChI is InChI=1S/C18H28O2/c1-18(2,3)16-11-13(12-20-4)10-15(17(16)19)14-8-6-5-7-9-14/h10-11,14,19H,5-9,12H2,1-4H3. The van der Waals surface area contributed by atoms with Crippen LogP contribution in [0.4, 0.5) is 0 Å². The molecule has 0 bridgehead atoms. The lowest BCUT2D eigenvalue weighted by atomic mass is 9.78. The van der Waals surface area contributed by atoms with E-state index in [1.54, 1.807) is 7.11 Å². The molecule has 1 fully saturated rings. The van der Waals surface area contributed by atoms with E-state index < -0.39 is 0 Å². The lowest BCUT2D eigenvalue weighted by molar-refractivity contribution is 0.184. The fourth-order valence-electron chi connectivity index (χ4n) is 3.27. The summed E-state index contributed by atoms with van der Waals surface area (Å²) in [7, 11) is 1.73. The van der Waals surface area contributed by atoms with Gasteiger partial charge >= 0.3 is 0 Å². The van der Waals surface area contributed by atoms with Crippen LogP contribution in [0, 0.1) is 0 Å². The summed E-state index contributed by atoms with van der Waals surface area (Å²) < 4.78 is 5.30. The van der Waals surface area contributed by atoms with Gasteiger partial charge in [0.25, 0.3) is 0 Å². The van der Waals surface area contributed by atoms with Crippen LogP contribution in [0.2, 0.25) is 0 Å². The Kier molecular flexibility index (Phi) is 4.74. The molecule has 1 aromatic carbocycles. The predicted molar refractivity (Wildman–Crippen MR) is 83.3 cm³/mol. The number of phenolic OH excluding ortho intramolecular Hbond substituents is 1. The molecule has 0 saturated heterocycles. The number of hydrogen-bond acceptors (Lipinski definition) is 2. The molecule has 20 heavy (non-hydrogen) atoms. The highest BCUT2D eigenvalue weighted by molar-refractivity contribution is 5.48. The van der Waals surface area contributed by atoms with E-state index in [1.807, 2.05) is 0 Å². The molecule has 0 heterocycles. The highest BCUT2D eigenvalue weighted by atomic mass is 16.5. The average molecular weight is 276 g/mol. The summed E-state index contributed by atoms with van der Waals surface area (Å²) in [6.07, 6.45) is 6.30. The Labute approximate surface area is 123 Å². The molecule has 1 aromatic rings. The van der Waals surface area contributed by atoms with E-state index in [0.717, 1.165) is 11.1 Å². The number of phenols is 1. The molecular weight excluding hydrogens is 248 g/mol. The first kappa shape index (κ1) is 15.4. The molecule has 0 atom stereocenters. The molecule has 0 spiro atoms. The lowest BCUT2D eigenvalue weighted by Crippen LogP contribution is -2.15. The van der Waals surface area contributed by atoms with E-state index in [9.17, 15) is 5.11 Å². The molecule has 0 radical (unpaired) electrons. The number of rotatable bonds is 3. The van der Waals surface area contributed by atoms with Gasteiger partial charge in [-0.2, -0.15) is 0 Å². The molecule has 112 valence electrons. The summed E-state index contributed by atoms with van der Waals surface area (Å²) in [5.74, 6) is 1.03. The van der Waals surface area contributed by atoms with Crippen LogP contribution >= 0.6 is 0 Å². The van der Waals surface area contributed by atoms with Crippen LogP contribution in [0.25, 0.3) is 0 Å². The predicted octanol–water partition coefficient (Wildman–Crippen LogP) is 4.88. The van der Waals surface area contributed by atoms with Crippen molar-refractivity contribution in [1.82, 2.24) is 0 Å². The molecule has 2 heteroatoms. The maximum absolute atomic E-state index is 10.7. The smallest absolute Gasteiger partial charge is 0.122 e. The van der Waals surface area contributed by atoms with Gasteiger partial charge in [-0.1, -0.05) is 40.0 Å². The van der Waals surface area contributed by atoms with Crippen molar-refractivity contribution in [2.24, 2.45) is 0 Å². The zero-order valence-corrected chi connectivity index (χ0v) is 13.3. The molecule has 2 nitrogen and oxygen atoms in total. The minimum atomic E-state index is -0.0444. The van der Waals surface area contributed by atoms with Crippen molar-refractivity contribution in [3.63, 3.8) is 0 Å². The molecule has 0 unspecified atom stereocenters. The third-order valence-electron chi connectivity index (χ3n) is 4.36. The topological polar surface area (TPSA) is 29.5 Å². The molecule has 0 amide bonds. The maximum Gasteiger partial charge on any atom is 0.122 e. The molecule has 2 rings (SSSR count). The van der Waals surface area contributed by atoms with Gasteiger partial charge in [0.05, 0.1) is 6.61 Å². The van der Waals surface area contributed by atoms with Crippen molar-refractivity contribution in [2.75, 3.05) is 7.11 Å². The fourth-order valence-corrected chi connectivity index (χ4v) is 3.27. The van der Waals surface area contributed by atoms with Crippen LogP contribution in [-0.2, 0) is 16.8 Å². The largest absolute Gasteiger partial charge is 0.507 e. The Morgan fingerprint density at radius 1 is 1.15 bits per heavy atom.